The molecule has 0 atom stereocenters. The maximum Gasteiger partial charge on any atom is 0.277 e. The topological polar surface area (TPSA) is 50.7 Å². The smallest absolute Gasteiger partial charge is 0.277 e. The van der Waals surface area contributed by atoms with Crippen molar-refractivity contribution < 1.29 is 9.53 Å². The van der Waals surface area contributed by atoms with Crippen LogP contribution in [-0.4, -0.2) is 18.7 Å². The van der Waals surface area contributed by atoms with Crippen molar-refractivity contribution >= 4 is 39.4 Å². The molecule has 0 bridgehead atoms. The number of hydrazone groups is 1. The third-order valence-corrected chi connectivity index (χ3v) is 3.31. The maximum atomic E-state index is 11.5. The first-order valence-electron chi connectivity index (χ1n) is 5.46. The summed E-state index contributed by atoms with van der Waals surface area (Å²) in [6.07, 6.45) is 1.59. The minimum atomic E-state index is -0.300. The molecule has 6 heteroatoms. The van der Waals surface area contributed by atoms with Gasteiger partial charge in [0.2, 0.25) is 0 Å². The molecule has 0 radical (unpaired) electrons. The Labute approximate surface area is 123 Å². The Morgan fingerprint density at radius 1 is 1.47 bits per heavy atom. The van der Waals surface area contributed by atoms with E-state index in [9.17, 15) is 4.79 Å². The molecule has 0 saturated carbocycles. The average molecular weight is 339 g/mol. The summed E-state index contributed by atoms with van der Waals surface area (Å²) in [4.78, 5) is 11.5. The molecule has 19 heavy (non-hydrogen) atoms. The molecule has 4 nitrogen and oxygen atoms in total. The molecule has 0 aliphatic rings. The van der Waals surface area contributed by atoms with Crippen molar-refractivity contribution in [1.29, 1.82) is 0 Å². The van der Waals surface area contributed by atoms with Gasteiger partial charge in [0.05, 0.1) is 6.21 Å². The van der Waals surface area contributed by atoms with E-state index in [-0.39, 0.29) is 12.5 Å². The van der Waals surface area contributed by atoms with E-state index in [0.29, 0.717) is 5.75 Å². The predicted molar refractivity (Wildman–Crippen MR) is 79.7 cm³/mol. The maximum absolute atomic E-state index is 11.5. The fraction of sp³-hybridized carbons (Fsp3) is 0.0769. The van der Waals surface area contributed by atoms with Gasteiger partial charge in [-0.2, -0.15) is 16.4 Å². The Morgan fingerprint density at radius 3 is 3.11 bits per heavy atom. The van der Waals surface area contributed by atoms with Crippen molar-refractivity contribution in [1.82, 2.24) is 5.43 Å². The second-order valence-corrected chi connectivity index (χ2v) is 5.29. The number of nitrogens with zero attached hydrogens (tertiary/aromatic N) is 1. The van der Waals surface area contributed by atoms with E-state index < -0.39 is 0 Å². The molecule has 0 aliphatic heterocycles. The first kappa shape index (κ1) is 13.8. The van der Waals surface area contributed by atoms with Crippen LogP contribution < -0.4 is 10.2 Å². The van der Waals surface area contributed by atoms with Crippen LogP contribution in [0.15, 0.2) is 50.7 Å². The van der Waals surface area contributed by atoms with Crippen LogP contribution in [0.2, 0.25) is 0 Å². The summed E-state index contributed by atoms with van der Waals surface area (Å²) in [5, 5.41) is 7.72. The number of ether oxygens (including phenoxy) is 1. The lowest BCUT2D eigenvalue weighted by Crippen LogP contribution is -2.24. The van der Waals surface area contributed by atoms with Crippen LogP contribution >= 0.6 is 27.3 Å². The van der Waals surface area contributed by atoms with Gasteiger partial charge in [-0.15, -0.1) is 0 Å². The molecule has 0 aliphatic carbocycles. The lowest BCUT2D eigenvalue weighted by atomic mass is 10.3. The van der Waals surface area contributed by atoms with E-state index in [1.165, 1.54) is 0 Å². The monoisotopic (exact) mass is 338 g/mol. The molecule has 2 aromatic rings. The first-order valence-corrected chi connectivity index (χ1v) is 7.20. The van der Waals surface area contributed by atoms with Gasteiger partial charge in [0.1, 0.15) is 5.75 Å². The molecular weight excluding hydrogens is 328 g/mol. The lowest BCUT2D eigenvalue weighted by Gasteiger charge is -2.04. The van der Waals surface area contributed by atoms with Crippen molar-refractivity contribution in [2.75, 3.05) is 6.61 Å². The number of halogens is 1. The summed E-state index contributed by atoms with van der Waals surface area (Å²) in [5.41, 5.74) is 3.36. The fourth-order valence-corrected chi connectivity index (χ4v) is 2.25. The molecule has 1 amide bonds. The number of thiophene rings is 1. The number of benzene rings is 1. The molecule has 0 unspecified atom stereocenters. The molecule has 2 rings (SSSR count). The van der Waals surface area contributed by atoms with Crippen molar-refractivity contribution in [2.45, 2.75) is 0 Å². The number of hydrogen-bond donors (Lipinski definition) is 1. The number of amides is 1. The summed E-state index contributed by atoms with van der Waals surface area (Å²) in [6, 6.07) is 9.22. The van der Waals surface area contributed by atoms with Crippen molar-refractivity contribution in [3.05, 3.63) is 51.1 Å². The summed E-state index contributed by atoms with van der Waals surface area (Å²) in [7, 11) is 0. The molecule has 0 fully saturated rings. The molecule has 1 aromatic heterocycles. The van der Waals surface area contributed by atoms with E-state index in [0.717, 1.165) is 10.0 Å². The van der Waals surface area contributed by atoms with E-state index in [1.54, 1.807) is 29.7 Å². The zero-order chi connectivity index (χ0) is 13.5. The Balaban J connectivity index is 1.76. The van der Waals surface area contributed by atoms with Crippen LogP contribution in [0, 0.1) is 0 Å². The highest BCUT2D eigenvalue weighted by molar-refractivity contribution is 9.10. The largest absolute Gasteiger partial charge is 0.484 e. The van der Waals surface area contributed by atoms with Crippen LogP contribution in [0.1, 0.15) is 5.56 Å². The van der Waals surface area contributed by atoms with Gasteiger partial charge in [-0.05, 0) is 35.0 Å². The Hall–Kier alpha value is -1.66. The van der Waals surface area contributed by atoms with Crippen molar-refractivity contribution in [3.63, 3.8) is 0 Å². The third-order valence-electron chi connectivity index (χ3n) is 2.11. The second-order valence-electron chi connectivity index (χ2n) is 3.60. The van der Waals surface area contributed by atoms with Crippen LogP contribution in [0.5, 0.6) is 5.75 Å². The van der Waals surface area contributed by atoms with Crippen LogP contribution in [0.4, 0.5) is 0 Å². The zero-order valence-corrected chi connectivity index (χ0v) is 12.3. The van der Waals surface area contributed by atoms with Gasteiger partial charge in [0, 0.05) is 10.0 Å². The minimum absolute atomic E-state index is 0.0720. The Kier molecular flexibility index (Phi) is 5.11. The third kappa shape index (κ3) is 4.84. The molecule has 1 heterocycles. The summed E-state index contributed by atoms with van der Waals surface area (Å²) in [6.45, 7) is -0.0720. The van der Waals surface area contributed by atoms with E-state index >= 15 is 0 Å². The predicted octanol–water partition coefficient (Wildman–Crippen LogP) is 3.04. The lowest BCUT2D eigenvalue weighted by molar-refractivity contribution is -0.123. The van der Waals surface area contributed by atoms with E-state index in [4.69, 9.17) is 4.74 Å². The SMILES string of the molecule is O=C(COc1cccc(Br)c1)N/N=C/c1ccsc1. The standard InChI is InChI=1S/C13H11BrN2O2S/c14-11-2-1-3-12(6-11)18-8-13(17)16-15-7-10-4-5-19-9-10/h1-7,9H,8H2,(H,16,17)/b15-7+. The highest BCUT2D eigenvalue weighted by atomic mass is 79.9. The molecule has 0 spiro atoms. The summed E-state index contributed by atoms with van der Waals surface area (Å²) in [5.74, 6) is 0.331. The quantitative estimate of drug-likeness (QED) is 0.672. The molecule has 1 N–H and O–H groups in total. The van der Waals surface area contributed by atoms with Gasteiger partial charge >= 0.3 is 0 Å². The van der Waals surface area contributed by atoms with Crippen molar-refractivity contribution in [3.8, 4) is 5.75 Å². The van der Waals surface area contributed by atoms with Crippen LogP contribution in [-0.2, 0) is 4.79 Å². The summed E-state index contributed by atoms with van der Waals surface area (Å²) < 4.78 is 6.23. The number of rotatable bonds is 5. The normalized spacial score (nSPS) is 10.6. The second kappa shape index (κ2) is 7.06. The van der Waals surface area contributed by atoms with E-state index in [2.05, 4.69) is 26.5 Å². The highest BCUT2D eigenvalue weighted by Gasteiger charge is 2.01. The van der Waals surface area contributed by atoms with Crippen molar-refractivity contribution in [2.24, 2.45) is 5.10 Å². The van der Waals surface area contributed by atoms with Crippen LogP contribution in [0.25, 0.3) is 0 Å². The Bertz CT molecular complexity index is 570. The molecule has 1 aromatic carbocycles. The number of carbonyl (C=O) groups is 1. The number of hydrogen-bond acceptors (Lipinski definition) is 4. The fourth-order valence-electron chi connectivity index (χ4n) is 1.27. The van der Waals surface area contributed by atoms with Crippen LogP contribution in [0.3, 0.4) is 0 Å². The van der Waals surface area contributed by atoms with Gasteiger partial charge in [-0.3, -0.25) is 4.79 Å². The van der Waals surface area contributed by atoms with Gasteiger partial charge in [0.25, 0.3) is 5.91 Å². The number of nitrogens with one attached hydrogen (secondary N) is 1. The van der Waals surface area contributed by atoms with Gasteiger partial charge in [0.15, 0.2) is 6.61 Å². The van der Waals surface area contributed by atoms with Gasteiger partial charge < -0.3 is 4.74 Å². The molecule has 0 saturated heterocycles. The summed E-state index contributed by atoms with van der Waals surface area (Å²) >= 11 is 4.90. The van der Waals surface area contributed by atoms with Gasteiger partial charge in [-0.25, -0.2) is 5.43 Å². The first-order chi connectivity index (χ1) is 9.24. The van der Waals surface area contributed by atoms with E-state index in [1.807, 2.05) is 29.0 Å². The van der Waals surface area contributed by atoms with Gasteiger partial charge in [-0.1, -0.05) is 22.0 Å². The minimum Gasteiger partial charge on any atom is -0.484 e. The molecular formula is C13H11BrN2O2S. The zero-order valence-electron chi connectivity index (χ0n) is 9.88. The highest BCUT2D eigenvalue weighted by Crippen LogP contribution is 2.17. The Morgan fingerprint density at radius 2 is 2.37 bits per heavy atom. The molecule has 98 valence electrons. The number of carbonyl (C=O) groups excluding carboxylic acids is 1. The average Bonchev–Trinajstić information content (AvgIpc) is 2.90.